The zero-order chi connectivity index (χ0) is 22.7. The van der Waals surface area contributed by atoms with Crippen molar-refractivity contribution < 1.29 is 9.53 Å². The summed E-state index contributed by atoms with van der Waals surface area (Å²) in [7, 11) is 1.66. The largest absolute Gasteiger partial charge is 0.497 e. The highest BCUT2D eigenvalue weighted by Gasteiger charge is 2.23. The molecule has 1 N–H and O–H groups in total. The van der Waals surface area contributed by atoms with Gasteiger partial charge in [-0.25, -0.2) is 9.97 Å². The normalized spacial score (nSPS) is 12.0. The van der Waals surface area contributed by atoms with Gasteiger partial charge >= 0.3 is 0 Å². The topological polar surface area (TPSA) is 64.1 Å². The van der Waals surface area contributed by atoms with Gasteiger partial charge < -0.3 is 10.1 Å². The zero-order valence-corrected chi connectivity index (χ0v) is 20.1. The average molecular weight is 464 g/mol. The molecule has 4 aromatic rings. The number of ether oxygens (including phenoxy) is 1. The van der Waals surface area contributed by atoms with E-state index in [-0.39, 0.29) is 11.2 Å². The van der Waals surface area contributed by atoms with Gasteiger partial charge in [0.1, 0.15) is 21.9 Å². The molecule has 0 bridgehead atoms. The lowest BCUT2D eigenvalue weighted by Crippen LogP contribution is -2.25. The zero-order valence-electron chi connectivity index (χ0n) is 18.5. The molecule has 0 aliphatic heterocycles. The summed E-state index contributed by atoms with van der Waals surface area (Å²) >= 11 is 3.08. The SMILES string of the molecule is CCC(Sc1ncnc2scc(-c3ccc(OC)cc3)c12)C(=O)Nc1c(C)cccc1C. The fraction of sp³-hybridized carbons (Fsp3) is 0.240. The maximum atomic E-state index is 13.2. The van der Waals surface area contributed by atoms with Crippen LogP contribution in [0.3, 0.4) is 0 Å². The van der Waals surface area contributed by atoms with Crippen LogP contribution < -0.4 is 10.1 Å². The Balaban J connectivity index is 1.65. The number of thioether (sulfide) groups is 1. The van der Waals surface area contributed by atoms with E-state index in [9.17, 15) is 4.79 Å². The summed E-state index contributed by atoms with van der Waals surface area (Å²) in [6, 6.07) is 14.0. The van der Waals surface area contributed by atoms with Crippen molar-refractivity contribution in [3.63, 3.8) is 0 Å². The second kappa shape index (κ2) is 9.71. The van der Waals surface area contributed by atoms with E-state index in [2.05, 4.69) is 20.7 Å². The van der Waals surface area contributed by atoms with Crippen molar-refractivity contribution in [2.24, 2.45) is 0 Å². The number of carbonyl (C=O) groups is 1. The van der Waals surface area contributed by atoms with Crippen LogP contribution in [0, 0.1) is 13.8 Å². The second-order valence-corrected chi connectivity index (χ2v) is 9.56. The van der Waals surface area contributed by atoms with Gasteiger partial charge in [0, 0.05) is 16.6 Å². The van der Waals surface area contributed by atoms with Crippen molar-refractivity contribution >= 4 is 44.9 Å². The van der Waals surface area contributed by atoms with Gasteiger partial charge in [-0.3, -0.25) is 4.79 Å². The molecule has 32 heavy (non-hydrogen) atoms. The van der Waals surface area contributed by atoms with E-state index in [0.29, 0.717) is 6.42 Å². The summed E-state index contributed by atoms with van der Waals surface area (Å²) in [5.41, 5.74) is 5.14. The number of benzene rings is 2. The first-order valence-electron chi connectivity index (χ1n) is 10.4. The first-order valence-corrected chi connectivity index (χ1v) is 12.2. The number of thiophene rings is 1. The molecule has 0 fully saturated rings. The van der Waals surface area contributed by atoms with Crippen LogP contribution in [0.1, 0.15) is 24.5 Å². The van der Waals surface area contributed by atoms with Gasteiger partial charge in [0.25, 0.3) is 0 Å². The minimum absolute atomic E-state index is 0.0112. The molecule has 0 aliphatic carbocycles. The van der Waals surface area contributed by atoms with Gasteiger partial charge in [-0.15, -0.1) is 11.3 Å². The fourth-order valence-electron chi connectivity index (χ4n) is 3.59. The van der Waals surface area contributed by atoms with Crippen LogP contribution in [0.15, 0.2) is 59.2 Å². The highest BCUT2D eigenvalue weighted by Crippen LogP contribution is 2.40. The molecule has 1 atom stereocenters. The van der Waals surface area contributed by atoms with Gasteiger partial charge in [-0.2, -0.15) is 0 Å². The highest BCUT2D eigenvalue weighted by atomic mass is 32.2. The molecular formula is C25H25N3O2S2. The number of para-hydroxylation sites is 1. The Labute approximate surface area is 196 Å². The molecule has 0 spiro atoms. The first kappa shape index (κ1) is 22.3. The number of aromatic nitrogens is 2. The molecule has 7 heteroatoms. The van der Waals surface area contributed by atoms with Crippen LogP contribution in [0.5, 0.6) is 5.75 Å². The Morgan fingerprint density at radius 2 is 1.84 bits per heavy atom. The van der Waals surface area contributed by atoms with Gasteiger partial charge in [-0.05, 0) is 49.1 Å². The minimum Gasteiger partial charge on any atom is -0.497 e. The number of nitrogens with one attached hydrogen (secondary N) is 1. The van der Waals surface area contributed by atoms with E-state index in [0.717, 1.165) is 48.9 Å². The van der Waals surface area contributed by atoms with E-state index >= 15 is 0 Å². The van der Waals surface area contributed by atoms with E-state index in [1.807, 2.05) is 63.2 Å². The summed E-state index contributed by atoms with van der Waals surface area (Å²) in [4.78, 5) is 23.1. The smallest absolute Gasteiger partial charge is 0.237 e. The fourth-order valence-corrected chi connectivity index (χ4v) is 5.61. The van der Waals surface area contributed by atoms with Crippen LogP contribution in [-0.2, 0) is 4.79 Å². The minimum atomic E-state index is -0.268. The lowest BCUT2D eigenvalue weighted by Gasteiger charge is -2.17. The Morgan fingerprint density at radius 1 is 1.12 bits per heavy atom. The number of carbonyl (C=O) groups excluding carboxylic acids is 1. The summed E-state index contributed by atoms with van der Waals surface area (Å²) in [6.07, 6.45) is 2.27. The lowest BCUT2D eigenvalue weighted by molar-refractivity contribution is -0.115. The molecule has 2 aromatic carbocycles. The predicted molar refractivity (Wildman–Crippen MR) is 134 cm³/mol. The Bertz CT molecular complexity index is 1230. The van der Waals surface area contributed by atoms with E-state index in [1.54, 1.807) is 24.8 Å². The van der Waals surface area contributed by atoms with Gasteiger partial charge in [-0.1, -0.05) is 49.0 Å². The molecule has 0 aliphatic rings. The van der Waals surface area contributed by atoms with Crippen molar-refractivity contribution in [3.05, 3.63) is 65.3 Å². The van der Waals surface area contributed by atoms with E-state index in [4.69, 9.17) is 4.74 Å². The third-order valence-corrected chi connectivity index (χ3v) is 7.63. The summed E-state index contributed by atoms with van der Waals surface area (Å²) in [5, 5.41) is 6.78. The van der Waals surface area contributed by atoms with E-state index in [1.165, 1.54) is 11.8 Å². The molecular weight excluding hydrogens is 438 g/mol. The first-order chi connectivity index (χ1) is 15.5. The third kappa shape index (κ3) is 4.49. The number of aryl methyl sites for hydroxylation is 2. The molecule has 0 saturated carbocycles. The number of hydrogen-bond acceptors (Lipinski definition) is 6. The van der Waals surface area contributed by atoms with Crippen molar-refractivity contribution in [1.82, 2.24) is 9.97 Å². The molecule has 0 saturated heterocycles. The van der Waals surface area contributed by atoms with Crippen LogP contribution in [-0.4, -0.2) is 28.2 Å². The van der Waals surface area contributed by atoms with Crippen LogP contribution in [0.25, 0.3) is 21.3 Å². The summed E-state index contributed by atoms with van der Waals surface area (Å²) in [5.74, 6) is 0.802. The number of nitrogens with zero attached hydrogens (tertiary/aromatic N) is 2. The number of anilines is 1. The third-order valence-electron chi connectivity index (χ3n) is 5.38. The van der Waals surface area contributed by atoms with Gasteiger partial charge in [0.15, 0.2) is 0 Å². The summed E-state index contributed by atoms with van der Waals surface area (Å²) in [6.45, 7) is 6.05. The number of hydrogen-bond donors (Lipinski definition) is 1. The standard InChI is InChI=1S/C25H25N3O2S2/c1-5-20(23(29)28-22-15(2)7-6-8-16(22)3)32-25-21-19(13-31-24(21)26-14-27-25)17-9-11-18(30-4)12-10-17/h6-14,20H,5H2,1-4H3,(H,28,29). The highest BCUT2D eigenvalue weighted by molar-refractivity contribution is 8.00. The number of methoxy groups -OCH3 is 1. The van der Waals surface area contributed by atoms with Crippen molar-refractivity contribution in [1.29, 1.82) is 0 Å². The van der Waals surface area contributed by atoms with Gasteiger partial charge in [0.2, 0.25) is 5.91 Å². The molecule has 1 unspecified atom stereocenters. The maximum Gasteiger partial charge on any atom is 0.237 e. The molecule has 2 aromatic heterocycles. The lowest BCUT2D eigenvalue weighted by atomic mass is 10.1. The van der Waals surface area contributed by atoms with Crippen molar-refractivity contribution in [2.75, 3.05) is 12.4 Å². The van der Waals surface area contributed by atoms with E-state index < -0.39 is 0 Å². The maximum absolute atomic E-state index is 13.2. The molecule has 5 nitrogen and oxygen atoms in total. The average Bonchev–Trinajstić information content (AvgIpc) is 3.25. The van der Waals surface area contributed by atoms with Gasteiger partial charge in [0.05, 0.1) is 17.7 Å². The molecule has 2 heterocycles. The number of amides is 1. The number of rotatable bonds is 7. The molecule has 164 valence electrons. The monoisotopic (exact) mass is 463 g/mol. The Hall–Kier alpha value is -2.90. The Kier molecular flexibility index (Phi) is 6.77. The van der Waals surface area contributed by atoms with Crippen LogP contribution in [0.4, 0.5) is 5.69 Å². The molecule has 1 amide bonds. The van der Waals surface area contributed by atoms with Crippen LogP contribution >= 0.6 is 23.1 Å². The molecule has 0 radical (unpaired) electrons. The Morgan fingerprint density at radius 3 is 2.50 bits per heavy atom. The van der Waals surface area contributed by atoms with Crippen LogP contribution in [0.2, 0.25) is 0 Å². The summed E-state index contributed by atoms with van der Waals surface area (Å²) < 4.78 is 5.29. The predicted octanol–water partition coefficient (Wildman–Crippen LogP) is 6.49. The number of fused-ring (bicyclic) bond motifs is 1. The molecule has 4 rings (SSSR count). The van der Waals surface area contributed by atoms with Crippen molar-refractivity contribution in [3.8, 4) is 16.9 Å². The second-order valence-electron chi connectivity index (χ2n) is 7.51. The quantitative estimate of drug-likeness (QED) is 0.251. The van der Waals surface area contributed by atoms with Crippen molar-refractivity contribution in [2.45, 2.75) is 37.5 Å².